The Bertz CT molecular complexity index is 550. The fraction of sp³-hybridized carbons (Fsp3) is 0.375. The average molecular weight is 255 g/mol. The van der Waals surface area contributed by atoms with E-state index in [4.69, 9.17) is 4.74 Å². The maximum atomic E-state index is 5.90. The van der Waals surface area contributed by atoms with Gasteiger partial charge in [-0.05, 0) is 17.9 Å². The highest BCUT2D eigenvalue weighted by molar-refractivity contribution is 5.94. The van der Waals surface area contributed by atoms with Crippen molar-refractivity contribution in [1.29, 1.82) is 0 Å². The van der Waals surface area contributed by atoms with E-state index >= 15 is 0 Å². The molecule has 2 aromatic rings. The van der Waals surface area contributed by atoms with Crippen molar-refractivity contribution in [1.82, 2.24) is 5.43 Å². The predicted molar refractivity (Wildman–Crippen MR) is 78.1 cm³/mol. The number of nitrogens with zero attached hydrogens (tertiary/aromatic N) is 2. The first-order chi connectivity index (χ1) is 9.40. The summed E-state index contributed by atoms with van der Waals surface area (Å²) in [5, 5.41) is 4.54. The summed E-state index contributed by atoms with van der Waals surface area (Å²) in [5.74, 6) is 0. The molecule has 0 aliphatic carbocycles. The second-order valence-electron chi connectivity index (χ2n) is 4.82. The Balaban J connectivity index is 1.94. The minimum Gasteiger partial charge on any atom is -0.357 e. The molecular formula is C16H19N2O. The van der Waals surface area contributed by atoms with Gasteiger partial charge in [-0.25, -0.2) is 0 Å². The van der Waals surface area contributed by atoms with Gasteiger partial charge in [-0.2, -0.15) is 0 Å². The molecule has 0 N–H and O–H groups in total. The van der Waals surface area contributed by atoms with E-state index < -0.39 is 0 Å². The van der Waals surface area contributed by atoms with Crippen LogP contribution < -0.4 is 10.4 Å². The van der Waals surface area contributed by atoms with Gasteiger partial charge in [-0.15, -0.1) is 5.43 Å². The summed E-state index contributed by atoms with van der Waals surface area (Å²) in [4.78, 5) is 0. The molecule has 0 spiro atoms. The van der Waals surface area contributed by atoms with Crippen LogP contribution in [0.2, 0.25) is 0 Å². The topological polar surface area (TPSA) is 26.6 Å². The van der Waals surface area contributed by atoms with E-state index in [0.29, 0.717) is 0 Å². The van der Waals surface area contributed by atoms with Gasteiger partial charge in [0.15, 0.2) is 0 Å². The van der Waals surface area contributed by atoms with E-state index in [1.807, 2.05) is 0 Å². The number of benzene rings is 2. The number of ether oxygens (including phenoxy) is 1. The van der Waals surface area contributed by atoms with E-state index in [1.54, 1.807) is 0 Å². The van der Waals surface area contributed by atoms with E-state index in [0.717, 1.165) is 31.7 Å². The quantitative estimate of drug-likeness (QED) is 0.837. The Morgan fingerprint density at radius 2 is 2.05 bits per heavy atom. The molecule has 19 heavy (non-hydrogen) atoms. The standard InChI is InChI=1S/C16H19N2O/c1-2-12-19-16-10-11-17-18(16)15-9-5-7-13-6-3-4-8-14(13)15/h3-9,16H,2,10-12H2,1H3. The lowest BCUT2D eigenvalue weighted by molar-refractivity contribution is 0.0595. The zero-order valence-electron chi connectivity index (χ0n) is 11.2. The molecule has 3 rings (SSSR count). The number of rotatable bonds is 4. The van der Waals surface area contributed by atoms with Gasteiger partial charge < -0.3 is 4.74 Å². The third-order valence-corrected chi connectivity index (χ3v) is 3.43. The van der Waals surface area contributed by atoms with Crippen LogP contribution >= 0.6 is 0 Å². The third-order valence-electron chi connectivity index (χ3n) is 3.43. The highest BCUT2D eigenvalue weighted by Gasteiger charge is 2.27. The lowest BCUT2D eigenvalue weighted by Gasteiger charge is -2.25. The van der Waals surface area contributed by atoms with Crippen LogP contribution in [-0.4, -0.2) is 19.4 Å². The fourth-order valence-electron chi connectivity index (χ4n) is 2.54. The third kappa shape index (κ3) is 2.44. The van der Waals surface area contributed by atoms with Crippen molar-refractivity contribution in [2.24, 2.45) is 0 Å². The van der Waals surface area contributed by atoms with Crippen molar-refractivity contribution in [2.45, 2.75) is 26.0 Å². The summed E-state index contributed by atoms with van der Waals surface area (Å²) >= 11 is 0. The highest BCUT2D eigenvalue weighted by atomic mass is 16.5. The molecule has 0 bridgehead atoms. The van der Waals surface area contributed by atoms with Gasteiger partial charge in [0, 0.05) is 25.0 Å². The van der Waals surface area contributed by atoms with Gasteiger partial charge in [-0.1, -0.05) is 43.3 Å². The fourth-order valence-corrected chi connectivity index (χ4v) is 2.54. The first-order valence-electron chi connectivity index (χ1n) is 6.96. The Labute approximate surface area is 114 Å². The average Bonchev–Trinajstić information content (AvgIpc) is 2.92. The number of fused-ring (bicyclic) bond motifs is 1. The second-order valence-corrected chi connectivity index (χ2v) is 4.82. The van der Waals surface area contributed by atoms with E-state index in [2.05, 4.69) is 59.8 Å². The Hall–Kier alpha value is -1.58. The SMILES string of the molecule is CCCOC1CC[N]N1c1cccc2ccccc12. The monoisotopic (exact) mass is 255 g/mol. The van der Waals surface area contributed by atoms with Crippen LogP contribution in [-0.2, 0) is 4.74 Å². The maximum absolute atomic E-state index is 5.90. The van der Waals surface area contributed by atoms with Gasteiger partial charge in [0.25, 0.3) is 0 Å². The smallest absolute Gasteiger partial charge is 0.147 e. The van der Waals surface area contributed by atoms with Crippen LogP contribution in [0.1, 0.15) is 19.8 Å². The lowest BCUT2D eigenvalue weighted by atomic mass is 10.1. The lowest BCUT2D eigenvalue weighted by Crippen LogP contribution is -2.35. The van der Waals surface area contributed by atoms with Crippen LogP contribution in [0, 0.1) is 0 Å². The Morgan fingerprint density at radius 1 is 1.21 bits per heavy atom. The van der Waals surface area contributed by atoms with Crippen molar-refractivity contribution in [3.63, 3.8) is 0 Å². The van der Waals surface area contributed by atoms with Gasteiger partial charge in [0.05, 0.1) is 5.69 Å². The zero-order valence-corrected chi connectivity index (χ0v) is 11.2. The zero-order chi connectivity index (χ0) is 13.1. The normalized spacial score (nSPS) is 19.2. The van der Waals surface area contributed by atoms with Crippen molar-refractivity contribution in [3.8, 4) is 0 Å². The van der Waals surface area contributed by atoms with Gasteiger partial charge in [0.1, 0.15) is 6.23 Å². The summed E-state index contributed by atoms with van der Waals surface area (Å²) in [7, 11) is 0. The molecule has 3 heteroatoms. The van der Waals surface area contributed by atoms with Crippen LogP contribution in [0.15, 0.2) is 42.5 Å². The van der Waals surface area contributed by atoms with Gasteiger partial charge in [0.2, 0.25) is 0 Å². The van der Waals surface area contributed by atoms with Crippen molar-refractivity contribution in [2.75, 3.05) is 18.2 Å². The molecule has 1 aliphatic rings. The van der Waals surface area contributed by atoms with Crippen molar-refractivity contribution >= 4 is 16.5 Å². The Morgan fingerprint density at radius 3 is 2.95 bits per heavy atom. The predicted octanol–water partition coefficient (Wildman–Crippen LogP) is 3.32. The summed E-state index contributed by atoms with van der Waals surface area (Å²) < 4.78 is 5.90. The first-order valence-corrected chi connectivity index (χ1v) is 6.96. The molecule has 1 atom stereocenters. The molecule has 0 amide bonds. The van der Waals surface area contributed by atoms with E-state index in [9.17, 15) is 0 Å². The van der Waals surface area contributed by atoms with Crippen LogP contribution in [0.3, 0.4) is 0 Å². The summed E-state index contributed by atoms with van der Waals surface area (Å²) in [6.07, 6.45) is 2.11. The van der Waals surface area contributed by atoms with Crippen LogP contribution in [0.4, 0.5) is 5.69 Å². The summed E-state index contributed by atoms with van der Waals surface area (Å²) in [6, 6.07) is 14.8. The van der Waals surface area contributed by atoms with E-state index in [1.165, 1.54) is 10.8 Å². The first kappa shape index (κ1) is 12.5. The molecule has 1 unspecified atom stereocenters. The van der Waals surface area contributed by atoms with Crippen molar-refractivity contribution in [3.05, 3.63) is 42.5 Å². The highest BCUT2D eigenvalue weighted by Crippen LogP contribution is 2.30. The summed E-state index contributed by atoms with van der Waals surface area (Å²) in [6.45, 7) is 3.77. The molecule has 0 saturated carbocycles. The van der Waals surface area contributed by atoms with Gasteiger partial charge in [-0.3, -0.25) is 5.01 Å². The van der Waals surface area contributed by atoms with Gasteiger partial charge >= 0.3 is 0 Å². The minimum atomic E-state index is 0.0887. The maximum Gasteiger partial charge on any atom is 0.147 e. The molecule has 1 aliphatic heterocycles. The molecule has 0 aromatic heterocycles. The molecule has 1 radical (unpaired) electrons. The van der Waals surface area contributed by atoms with Crippen LogP contribution in [0.25, 0.3) is 10.8 Å². The number of anilines is 1. The second kappa shape index (κ2) is 5.59. The molecular weight excluding hydrogens is 236 g/mol. The molecule has 3 nitrogen and oxygen atoms in total. The van der Waals surface area contributed by atoms with E-state index in [-0.39, 0.29) is 6.23 Å². The number of hydrogen-bond donors (Lipinski definition) is 0. The largest absolute Gasteiger partial charge is 0.357 e. The molecule has 2 aromatic carbocycles. The minimum absolute atomic E-state index is 0.0887. The van der Waals surface area contributed by atoms with Crippen LogP contribution in [0.5, 0.6) is 0 Å². The molecule has 1 fully saturated rings. The molecule has 1 saturated heterocycles. The van der Waals surface area contributed by atoms with Crippen molar-refractivity contribution < 1.29 is 4.74 Å². The Kier molecular flexibility index (Phi) is 3.67. The molecule has 99 valence electrons. The molecule has 1 heterocycles. The summed E-state index contributed by atoms with van der Waals surface area (Å²) in [5.41, 5.74) is 5.75. The number of hydrogen-bond acceptors (Lipinski definition) is 2.